The summed E-state index contributed by atoms with van der Waals surface area (Å²) in [6.07, 6.45) is 0. The van der Waals surface area contributed by atoms with E-state index in [4.69, 9.17) is 5.11 Å². The van der Waals surface area contributed by atoms with Crippen LogP contribution in [0.1, 0.15) is 10.4 Å². The quantitative estimate of drug-likeness (QED) is 0.793. The van der Waals surface area contributed by atoms with E-state index in [2.05, 4.69) is 0 Å². The lowest BCUT2D eigenvalue weighted by Gasteiger charge is -2.03. The summed E-state index contributed by atoms with van der Waals surface area (Å²) < 4.78 is 35.3. The number of carbonyl (C=O) groups is 1. The minimum absolute atomic E-state index is 0.0925. The molecule has 1 aromatic rings. The first-order valence-corrected chi connectivity index (χ1v) is 4.29. The first-order chi connectivity index (χ1) is 6.38. The molecule has 1 rings (SSSR count). The summed E-state index contributed by atoms with van der Waals surface area (Å²) in [4.78, 5) is 10.9. The molecule has 0 unspecified atom stereocenters. The zero-order valence-electron chi connectivity index (χ0n) is 6.71. The van der Waals surface area contributed by atoms with E-state index in [9.17, 15) is 18.0 Å². The average molecular weight is 222 g/mol. The van der Waals surface area contributed by atoms with Gasteiger partial charge < -0.3 is 5.11 Å². The summed E-state index contributed by atoms with van der Waals surface area (Å²) in [5.74, 6) is -0.0986. The lowest BCUT2D eigenvalue weighted by Crippen LogP contribution is -2.06. The molecule has 0 spiro atoms. The number of benzene rings is 1. The Bertz CT molecular complexity index is 331. The molecule has 0 aliphatic heterocycles. The fourth-order valence-electron chi connectivity index (χ4n) is 0.762. The van der Waals surface area contributed by atoms with Crippen molar-refractivity contribution in [1.29, 1.82) is 0 Å². The zero-order chi connectivity index (χ0) is 10.8. The summed E-state index contributed by atoms with van der Waals surface area (Å²) >= 11 is -0.705. The second kappa shape index (κ2) is 3.91. The number of aromatic hydroxyl groups is 1. The lowest BCUT2D eigenvalue weighted by atomic mass is 10.2. The van der Waals surface area contributed by atoms with Gasteiger partial charge in [-0.1, -0.05) is 0 Å². The summed E-state index contributed by atoms with van der Waals surface area (Å²) in [6, 6.07) is 4.58. The van der Waals surface area contributed by atoms with Crippen molar-refractivity contribution in [3.63, 3.8) is 0 Å². The Hall–Kier alpha value is -1.17. The molecule has 1 aromatic carbocycles. The van der Waals surface area contributed by atoms with Crippen LogP contribution in [-0.2, 0) is 0 Å². The van der Waals surface area contributed by atoms with Crippen molar-refractivity contribution < 1.29 is 23.1 Å². The Balaban J connectivity index is 2.76. The van der Waals surface area contributed by atoms with E-state index in [0.717, 1.165) is 24.3 Å². The van der Waals surface area contributed by atoms with Crippen LogP contribution in [0.3, 0.4) is 0 Å². The first-order valence-electron chi connectivity index (χ1n) is 3.47. The van der Waals surface area contributed by atoms with Crippen molar-refractivity contribution in [1.82, 2.24) is 0 Å². The van der Waals surface area contributed by atoms with Crippen LogP contribution in [0.4, 0.5) is 13.2 Å². The Kier molecular flexibility index (Phi) is 3.05. The molecule has 76 valence electrons. The highest BCUT2D eigenvalue weighted by Gasteiger charge is 2.33. The highest BCUT2D eigenvalue weighted by Crippen LogP contribution is 2.33. The molecule has 0 aromatic heterocycles. The molecule has 0 aliphatic carbocycles. The van der Waals surface area contributed by atoms with Crippen LogP contribution in [0, 0.1) is 0 Å². The van der Waals surface area contributed by atoms with Gasteiger partial charge in [-0.3, -0.25) is 4.79 Å². The largest absolute Gasteiger partial charge is 0.508 e. The first kappa shape index (κ1) is 10.9. The third-order valence-electron chi connectivity index (χ3n) is 1.31. The third-order valence-corrected chi connectivity index (χ3v) is 1.96. The molecule has 14 heavy (non-hydrogen) atoms. The molecule has 6 heteroatoms. The van der Waals surface area contributed by atoms with E-state index in [1.54, 1.807) is 0 Å². The molecule has 0 saturated carbocycles. The number of hydrogen-bond acceptors (Lipinski definition) is 3. The molecule has 0 bridgehead atoms. The number of alkyl halides is 3. The summed E-state index contributed by atoms with van der Waals surface area (Å²) in [6.45, 7) is 0. The van der Waals surface area contributed by atoms with E-state index < -0.39 is 22.4 Å². The molecule has 0 atom stereocenters. The van der Waals surface area contributed by atoms with E-state index in [0.29, 0.717) is 0 Å². The summed E-state index contributed by atoms with van der Waals surface area (Å²) in [7, 11) is 0. The standard InChI is InChI=1S/C8H5F3O2S/c9-8(10,11)14-7(13)5-1-3-6(12)4-2-5/h1-4,12H. The zero-order valence-corrected chi connectivity index (χ0v) is 7.52. The minimum atomic E-state index is -4.57. The number of halogens is 3. The average Bonchev–Trinajstić information content (AvgIpc) is 2.02. The fraction of sp³-hybridized carbons (Fsp3) is 0.125. The Morgan fingerprint density at radius 3 is 2.14 bits per heavy atom. The third kappa shape index (κ3) is 3.29. The van der Waals surface area contributed by atoms with Crippen molar-refractivity contribution in [3.05, 3.63) is 29.8 Å². The summed E-state index contributed by atoms with van der Waals surface area (Å²) in [5.41, 5.74) is -4.67. The van der Waals surface area contributed by atoms with Crippen molar-refractivity contribution in [2.45, 2.75) is 5.51 Å². The van der Waals surface area contributed by atoms with Crippen LogP contribution in [0.25, 0.3) is 0 Å². The van der Waals surface area contributed by atoms with Crippen molar-refractivity contribution in [3.8, 4) is 5.75 Å². The molecule has 0 aliphatic rings. The van der Waals surface area contributed by atoms with Gasteiger partial charge in [0.25, 0.3) is 0 Å². The second-order valence-corrected chi connectivity index (χ2v) is 3.42. The van der Waals surface area contributed by atoms with Crippen molar-refractivity contribution >= 4 is 16.9 Å². The van der Waals surface area contributed by atoms with E-state index in [-0.39, 0.29) is 11.3 Å². The Morgan fingerprint density at radius 2 is 1.71 bits per heavy atom. The number of carbonyl (C=O) groups excluding carboxylic acids is 1. The summed E-state index contributed by atoms with van der Waals surface area (Å²) in [5, 5.41) is 7.75. The SMILES string of the molecule is O=C(SC(F)(F)F)c1ccc(O)cc1. The maximum absolute atomic E-state index is 11.8. The van der Waals surface area contributed by atoms with Gasteiger partial charge in [0.15, 0.2) is 0 Å². The minimum Gasteiger partial charge on any atom is -0.508 e. The lowest BCUT2D eigenvalue weighted by molar-refractivity contribution is -0.0322. The highest BCUT2D eigenvalue weighted by molar-refractivity contribution is 8.14. The number of phenolic OH excluding ortho intramolecular Hbond substituents is 1. The highest BCUT2D eigenvalue weighted by atomic mass is 32.2. The van der Waals surface area contributed by atoms with Gasteiger partial charge in [-0.25, -0.2) is 0 Å². The fourth-order valence-corrected chi connectivity index (χ4v) is 1.23. The number of phenols is 1. The van der Waals surface area contributed by atoms with E-state index >= 15 is 0 Å². The monoisotopic (exact) mass is 222 g/mol. The van der Waals surface area contributed by atoms with Crippen LogP contribution in [-0.4, -0.2) is 15.7 Å². The van der Waals surface area contributed by atoms with Crippen LogP contribution >= 0.6 is 11.8 Å². The predicted molar refractivity (Wildman–Crippen MR) is 46.1 cm³/mol. The van der Waals surface area contributed by atoms with Gasteiger partial charge in [-0.2, -0.15) is 13.2 Å². The van der Waals surface area contributed by atoms with Gasteiger partial charge in [-0.05, 0) is 24.3 Å². The van der Waals surface area contributed by atoms with E-state index in [1.165, 1.54) is 0 Å². The van der Waals surface area contributed by atoms with Gasteiger partial charge in [0.05, 0.1) is 0 Å². The van der Waals surface area contributed by atoms with Gasteiger partial charge in [0, 0.05) is 17.3 Å². The van der Waals surface area contributed by atoms with Crippen LogP contribution in [0.15, 0.2) is 24.3 Å². The van der Waals surface area contributed by atoms with Crippen molar-refractivity contribution in [2.24, 2.45) is 0 Å². The van der Waals surface area contributed by atoms with Crippen LogP contribution in [0.5, 0.6) is 5.75 Å². The maximum atomic E-state index is 11.8. The number of rotatable bonds is 1. The van der Waals surface area contributed by atoms with Crippen LogP contribution in [0.2, 0.25) is 0 Å². The van der Waals surface area contributed by atoms with Crippen LogP contribution < -0.4 is 0 Å². The topological polar surface area (TPSA) is 37.3 Å². The second-order valence-electron chi connectivity index (χ2n) is 2.38. The Morgan fingerprint density at radius 1 is 1.21 bits per heavy atom. The van der Waals surface area contributed by atoms with Gasteiger partial charge >= 0.3 is 5.51 Å². The number of hydrogen-bond donors (Lipinski definition) is 1. The molecule has 0 radical (unpaired) electrons. The molecule has 0 saturated heterocycles. The van der Waals surface area contributed by atoms with Crippen molar-refractivity contribution in [2.75, 3.05) is 0 Å². The predicted octanol–water partition coefficient (Wildman–Crippen LogP) is 2.79. The normalized spacial score (nSPS) is 11.4. The molecule has 0 fully saturated rings. The van der Waals surface area contributed by atoms with Gasteiger partial charge in [-0.15, -0.1) is 0 Å². The van der Waals surface area contributed by atoms with Gasteiger partial charge in [0.2, 0.25) is 5.12 Å². The number of thioether (sulfide) groups is 1. The maximum Gasteiger partial charge on any atom is 0.449 e. The molecular formula is C8H5F3O2S. The smallest absolute Gasteiger partial charge is 0.449 e. The van der Waals surface area contributed by atoms with Gasteiger partial charge in [0.1, 0.15) is 5.75 Å². The molecule has 1 N–H and O–H groups in total. The molecule has 0 heterocycles. The Labute approximate surface area is 81.7 Å². The molecule has 2 nitrogen and oxygen atoms in total. The van der Waals surface area contributed by atoms with E-state index in [1.807, 2.05) is 0 Å². The molecular weight excluding hydrogens is 217 g/mol. The molecule has 0 amide bonds.